The summed E-state index contributed by atoms with van der Waals surface area (Å²) in [5, 5.41) is 0. The van der Waals surface area contributed by atoms with E-state index in [1.807, 2.05) is 6.08 Å². The molecule has 0 saturated heterocycles. The molecule has 2 rings (SSSR count). The summed E-state index contributed by atoms with van der Waals surface area (Å²) < 4.78 is 37.4. The molecule has 0 nitrogen and oxygen atoms in total. The molecule has 0 spiro atoms. The Kier molecular flexibility index (Phi) is 4.56. The number of halogens is 4. The fourth-order valence-electron chi connectivity index (χ4n) is 2.69. The van der Waals surface area contributed by atoms with Crippen molar-refractivity contribution in [2.45, 2.75) is 37.8 Å². The maximum atomic E-state index is 12.5. The standard InChI is InChI=1S/C15H16ClF3/c16-10-9-11-1-3-12(4-2-11)13-5-7-14(8-6-13)15(17,18)19/h5-12H,1-4H2/b10-9+. The smallest absolute Gasteiger partial charge is 0.166 e. The van der Waals surface area contributed by atoms with Gasteiger partial charge in [-0.05, 0) is 55.2 Å². The van der Waals surface area contributed by atoms with Gasteiger partial charge in [0.25, 0.3) is 0 Å². The van der Waals surface area contributed by atoms with Gasteiger partial charge in [0.05, 0.1) is 5.56 Å². The van der Waals surface area contributed by atoms with Crippen molar-refractivity contribution in [3.8, 4) is 0 Å². The van der Waals surface area contributed by atoms with Gasteiger partial charge in [-0.2, -0.15) is 13.2 Å². The first-order chi connectivity index (χ1) is 9.00. The number of alkyl halides is 3. The SMILES string of the molecule is FC(F)(F)c1ccc(C2CCC(/C=C/Cl)CC2)cc1. The molecule has 1 aliphatic carbocycles. The molecular formula is C15H16ClF3. The van der Waals surface area contributed by atoms with Gasteiger partial charge in [0.15, 0.2) is 0 Å². The third-order valence-electron chi connectivity index (χ3n) is 3.83. The van der Waals surface area contributed by atoms with Crippen LogP contribution >= 0.6 is 11.6 Å². The fraction of sp³-hybridized carbons (Fsp3) is 0.467. The van der Waals surface area contributed by atoms with E-state index in [1.54, 1.807) is 17.7 Å². The topological polar surface area (TPSA) is 0 Å². The molecule has 1 aromatic rings. The Morgan fingerprint density at radius 3 is 2.05 bits per heavy atom. The quantitative estimate of drug-likeness (QED) is 0.652. The molecule has 0 aliphatic heterocycles. The third-order valence-corrected chi connectivity index (χ3v) is 3.97. The second kappa shape index (κ2) is 6.00. The van der Waals surface area contributed by atoms with Crippen LogP contribution in [0.4, 0.5) is 13.2 Å². The van der Waals surface area contributed by atoms with E-state index in [0.717, 1.165) is 31.2 Å². The van der Waals surface area contributed by atoms with E-state index in [1.165, 1.54) is 12.1 Å². The molecule has 1 aliphatic rings. The van der Waals surface area contributed by atoms with E-state index < -0.39 is 11.7 Å². The van der Waals surface area contributed by atoms with Gasteiger partial charge in [0, 0.05) is 5.54 Å². The number of hydrogen-bond acceptors (Lipinski definition) is 0. The molecule has 0 atom stereocenters. The maximum absolute atomic E-state index is 12.5. The maximum Gasteiger partial charge on any atom is 0.416 e. The van der Waals surface area contributed by atoms with Gasteiger partial charge in [0.2, 0.25) is 0 Å². The Morgan fingerprint density at radius 2 is 1.58 bits per heavy atom. The van der Waals surface area contributed by atoms with Gasteiger partial charge in [-0.15, -0.1) is 0 Å². The predicted octanol–water partition coefficient (Wildman–Crippen LogP) is 5.73. The lowest BCUT2D eigenvalue weighted by Gasteiger charge is -2.27. The van der Waals surface area contributed by atoms with Crippen molar-refractivity contribution >= 4 is 11.6 Å². The molecule has 0 heterocycles. The van der Waals surface area contributed by atoms with Crippen LogP contribution in [-0.4, -0.2) is 0 Å². The van der Waals surface area contributed by atoms with E-state index in [9.17, 15) is 13.2 Å². The molecule has 4 heteroatoms. The zero-order valence-electron chi connectivity index (χ0n) is 10.5. The second-order valence-corrected chi connectivity index (χ2v) is 5.30. The highest BCUT2D eigenvalue weighted by Gasteiger charge is 2.30. The summed E-state index contributed by atoms with van der Waals surface area (Å²) in [4.78, 5) is 0. The number of allylic oxidation sites excluding steroid dienone is 1. The first-order valence-corrected chi connectivity index (χ1v) is 6.88. The molecular weight excluding hydrogens is 273 g/mol. The Balaban J connectivity index is 2.00. The average Bonchev–Trinajstić information content (AvgIpc) is 2.39. The lowest BCUT2D eigenvalue weighted by molar-refractivity contribution is -0.137. The van der Waals surface area contributed by atoms with E-state index >= 15 is 0 Å². The zero-order valence-corrected chi connectivity index (χ0v) is 11.2. The highest BCUT2D eigenvalue weighted by molar-refractivity contribution is 6.25. The van der Waals surface area contributed by atoms with Crippen molar-refractivity contribution < 1.29 is 13.2 Å². The van der Waals surface area contributed by atoms with Gasteiger partial charge in [0.1, 0.15) is 0 Å². The van der Waals surface area contributed by atoms with Crippen molar-refractivity contribution in [2.75, 3.05) is 0 Å². The van der Waals surface area contributed by atoms with Crippen LogP contribution < -0.4 is 0 Å². The second-order valence-electron chi connectivity index (χ2n) is 5.05. The zero-order chi connectivity index (χ0) is 13.9. The molecule has 0 aromatic heterocycles. The van der Waals surface area contributed by atoms with E-state index in [4.69, 9.17) is 11.6 Å². The molecule has 104 valence electrons. The van der Waals surface area contributed by atoms with Gasteiger partial charge >= 0.3 is 6.18 Å². The van der Waals surface area contributed by atoms with Crippen LogP contribution in [0.2, 0.25) is 0 Å². The highest BCUT2D eigenvalue weighted by Crippen LogP contribution is 2.37. The van der Waals surface area contributed by atoms with E-state index in [2.05, 4.69) is 0 Å². The average molecular weight is 289 g/mol. The molecule has 19 heavy (non-hydrogen) atoms. The van der Waals surface area contributed by atoms with E-state index in [-0.39, 0.29) is 0 Å². The van der Waals surface area contributed by atoms with Crippen LogP contribution in [-0.2, 0) is 6.18 Å². The van der Waals surface area contributed by atoms with Crippen molar-refractivity contribution in [1.82, 2.24) is 0 Å². The first kappa shape index (κ1) is 14.4. The summed E-state index contributed by atoms with van der Waals surface area (Å²) in [6.07, 6.45) is 1.88. The van der Waals surface area contributed by atoms with Crippen molar-refractivity contribution in [3.63, 3.8) is 0 Å². The lowest BCUT2D eigenvalue weighted by Crippen LogP contribution is -2.12. The molecule has 0 amide bonds. The Bertz CT molecular complexity index is 426. The molecule has 0 unspecified atom stereocenters. The largest absolute Gasteiger partial charge is 0.416 e. The van der Waals surface area contributed by atoms with Crippen LogP contribution in [0.5, 0.6) is 0 Å². The minimum absolute atomic E-state index is 0.377. The molecule has 0 N–H and O–H groups in total. The summed E-state index contributed by atoms with van der Waals surface area (Å²) in [6, 6.07) is 5.59. The fourth-order valence-corrected chi connectivity index (χ4v) is 2.90. The van der Waals surface area contributed by atoms with Crippen molar-refractivity contribution in [2.24, 2.45) is 5.92 Å². The summed E-state index contributed by atoms with van der Waals surface area (Å²) in [5.41, 5.74) is 2.00. The number of hydrogen-bond donors (Lipinski definition) is 0. The molecule has 0 radical (unpaired) electrons. The highest BCUT2D eigenvalue weighted by atomic mass is 35.5. The van der Waals surface area contributed by atoms with Crippen LogP contribution in [0, 0.1) is 5.92 Å². The molecule has 0 bridgehead atoms. The lowest BCUT2D eigenvalue weighted by atomic mass is 9.78. The Labute approximate surface area is 116 Å². The predicted molar refractivity (Wildman–Crippen MR) is 71.1 cm³/mol. The van der Waals surface area contributed by atoms with Gasteiger partial charge in [-0.25, -0.2) is 0 Å². The minimum atomic E-state index is -4.25. The Morgan fingerprint density at radius 1 is 1.00 bits per heavy atom. The van der Waals surface area contributed by atoms with E-state index in [0.29, 0.717) is 11.8 Å². The number of rotatable bonds is 2. The summed E-state index contributed by atoms with van der Waals surface area (Å²) in [7, 11) is 0. The van der Waals surface area contributed by atoms with Crippen molar-refractivity contribution in [3.05, 3.63) is 47.0 Å². The van der Waals surface area contributed by atoms with Crippen molar-refractivity contribution in [1.29, 1.82) is 0 Å². The molecule has 1 aromatic carbocycles. The summed E-state index contributed by atoms with van der Waals surface area (Å²) in [5.74, 6) is 0.894. The van der Waals surface area contributed by atoms with Crippen LogP contribution in [0.3, 0.4) is 0 Å². The summed E-state index contributed by atoms with van der Waals surface area (Å²) >= 11 is 5.56. The van der Waals surface area contributed by atoms with Gasteiger partial charge in [-0.1, -0.05) is 29.8 Å². The Hall–Kier alpha value is -0.960. The molecule has 1 fully saturated rings. The van der Waals surface area contributed by atoms with Gasteiger partial charge in [-0.3, -0.25) is 0 Å². The van der Waals surface area contributed by atoms with Crippen LogP contribution in [0.1, 0.15) is 42.7 Å². The van der Waals surface area contributed by atoms with Crippen LogP contribution in [0.15, 0.2) is 35.9 Å². The normalized spacial score (nSPS) is 24.8. The summed E-state index contributed by atoms with van der Waals surface area (Å²) in [6.45, 7) is 0. The van der Waals surface area contributed by atoms with Crippen LogP contribution in [0.25, 0.3) is 0 Å². The monoisotopic (exact) mass is 288 g/mol. The minimum Gasteiger partial charge on any atom is -0.166 e. The third kappa shape index (κ3) is 3.75. The molecule has 1 saturated carbocycles. The first-order valence-electron chi connectivity index (χ1n) is 6.44. The number of benzene rings is 1. The van der Waals surface area contributed by atoms with Gasteiger partial charge < -0.3 is 0 Å².